The van der Waals surface area contributed by atoms with E-state index in [0.717, 1.165) is 18.4 Å². The minimum absolute atomic E-state index is 0.126. The number of carbonyl (C=O) groups is 1. The van der Waals surface area contributed by atoms with Crippen molar-refractivity contribution in [2.24, 2.45) is 5.92 Å². The van der Waals surface area contributed by atoms with Gasteiger partial charge in [0.1, 0.15) is 0 Å². The number of nitrogens with zero attached hydrogens (tertiary/aromatic N) is 1. The number of esters is 1. The van der Waals surface area contributed by atoms with Gasteiger partial charge in [-0.05, 0) is 25.8 Å². The lowest BCUT2D eigenvalue weighted by atomic mass is 10.3. The van der Waals surface area contributed by atoms with E-state index in [4.69, 9.17) is 4.74 Å². The van der Waals surface area contributed by atoms with Gasteiger partial charge in [0.25, 0.3) is 0 Å². The lowest BCUT2D eigenvalue weighted by molar-refractivity contribution is -0.136. The molecular weight excluding hydrogens is 166 g/mol. The van der Waals surface area contributed by atoms with Crippen molar-refractivity contribution in [3.05, 3.63) is 23.9 Å². The van der Waals surface area contributed by atoms with Gasteiger partial charge in [-0.3, -0.25) is 4.79 Å². The second-order valence-corrected chi connectivity index (χ2v) is 3.32. The molecule has 0 atom stereocenters. The molecule has 1 saturated carbocycles. The zero-order valence-corrected chi connectivity index (χ0v) is 7.49. The maximum atomic E-state index is 11.3. The smallest absolute Gasteiger partial charge is 0.315 e. The van der Waals surface area contributed by atoms with Crippen LogP contribution in [0.1, 0.15) is 18.4 Å². The fourth-order valence-corrected chi connectivity index (χ4v) is 1.08. The highest BCUT2D eigenvalue weighted by molar-refractivity contribution is 5.77. The Balaban J connectivity index is 2.08. The van der Waals surface area contributed by atoms with E-state index in [-0.39, 0.29) is 11.9 Å². The molecule has 0 bridgehead atoms. The van der Waals surface area contributed by atoms with E-state index in [1.807, 2.05) is 19.1 Å². The summed E-state index contributed by atoms with van der Waals surface area (Å²) in [6, 6.07) is 3.70. The molecule has 0 aromatic carbocycles. The Morgan fingerprint density at radius 3 is 3.00 bits per heavy atom. The molecular formula is C10H11NO2. The predicted molar refractivity (Wildman–Crippen MR) is 47.3 cm³/mol. The van der Waals surface area contributed by atoms with Crippen LogP contribution in [0.25, 0.3) is 0 Å². The van der Waals surface area contributed by atoms with E-state index < -0.39 is 0 Å². The molecule has 1 heterocycles. The maximum absolute atomic E-state index is 11.3. The summed E-state index contributed by atoms with van der Waals surface area (Å²) < 4.78 is 5.12. The van der Waals surface area contributed by atoms with Crippen LogP contribution < -0.4 is 4.74 Å². The van der Waals surface area contributed by atoms with Crippen molar-refractivity contribution in [2.75, 3.05) is 0 Å². The number of hydrogen-bond acceptors (Lipinski definition) is 3. The Bertz CT molecular complexity index is 331. The van der Waals surface area contributed by atoms with Gasteiger partial charge in [0, 0.05) is 11.8 Å². The second kappa shape index (κ2) is 3.17. The Morgan fingerprint density at radius 2 is 2.38 bits per heavy atom. The zero-order chi connectivity index (χ0) is 9.26. The molecule has 0 N–H and O–H groups in total. The lowest BCUT2D eigenvalue weighted by Crippen LogP contribution is -2.11. The molecule has 1 fully saturated rings. The summed E-state index contributed by atoms with van der Waals surface area (Å²) in [5.74, 6) is 0.433. The fourth-order valence-electron chi connectivity index (χ4n) is 1.08. The molecule has 0 unspecified atom stereocenters. The van der Waals surface area contributed by atoms with Crippen molar-refractivity contribution < 1.29 is 9.53 Å². The fraction of sp³-hybridized carbons (Fsp3) is 0.400. The second-order valence-electron chi connectivity index (χ2n) is 3.32. The highest BCUT2D eigenvalue weighted by Gasteiger charge is 2.32. The molecule has 0 spiro atoms. The van der Waals surface area contributed by atoms with Crippen molar-refractivity contribution in [3.63, 3.8) is 0 Å². The van der Waals surface area contributed by atoms with Crippen LogP contribution in [-0.4, -0.2) is 11.0 Å². The number of ether oxygens (including phenoxy) is 1. The highest BCUT2D eigenvalue weighted by atomic mass is 16.5. The van der Waals surface area contributed by atoms with Crippen molar-refractivity contribution in [1.29, 1.82) is 0 Å². The highest BCUT2D eigenvalue weighted by Crippen LogP contribution is 2.30. The molecule has 1 aromatic rings. The summed E-state index contributed by atoms with van der Waals surface area (Å²) in [5.41, 5.74) is 0.900. The molecule has 0 saturated heterocycles. The molecule has 3 nitrogen and oxygen atoms in total. The van der Waals surface area contributed by atoms with Gasteiger partial charge in [-0.2, -0.15) is 0 Å². The van der Waals surface area contributed by atoms with E-state index in [2.05, 4.69) is 4.98 Å². The third kappa shape index (κ3) is 1.86. The van der Waals surface area contributed by atoms with Crippen LogP contribution in [0.3, 0.4) is 0 Å². The van der Waals surface area contributed by atoms with E-state index in [9.17, 15) is 4.79 Å². The van der Waals surface area contributed by atoms with E-state index >= 15 is 0 Å². The Kier molecular flexibility index (Phi) is 2.00. The molecule has 1 aliphatic carbocycles. The van der Waals surface area contributed by atoms with Crippen molar-refractivity contribution in [3.8, 4) is 5.88 Å². The number of hydrogen-bond donors (Lipinski definition) is 0. The van der Waals surface area contributed by atoms with Crippen LogP contribution in [0, 0.1) is 12.8 Å². The number of carbonyl (C=O) groups excluding carboxylic acids is 1. The molecule has 0 amide bonds. The van der Waals surface area contributed by atoms with Crippen molar-refractivity contribution in [2.45, 2.75) is 19.8 Å². The van der Waals surface area contributed by atoms with Crippen LogP contribution in [0.4, 0.5) is 0 Å². The van der Waals surface area contributed by atoms with Crippen LogP contribution >= 0.6 is 0 Å². The third-order valence-corrected chi connectivity index (χ3v) is 2.07. The van der Waals surface area contributed by atoms with Gasteiger partial charge in [-0.25, -0.2) is 4.98 Å². The van der Waals surface area contributed by atoms with Gasteiger partial charge in [-0.1, -0.05) is 6.07 Å². The summed E-state index contributed by atoms with van der Waals surface area (Å²) in [6.45, 7) is 1.88. The predicted octanol–water partition coefficient (Wildman–Crippen LogP) is 1.71. The van der Waals surface area contributed by atoms with E-state index in [1.165, 1.54) is 0 Å². The first kappa shape index (κ1) is 8.23. The topological polar surface area (TPSA) is 39.2 Å². The molecule has 0 radical (unpaired) electrons. The SMILES string of the molecule is Cc1cccnc1OC(=O)C1CC1. The molecule has 2 rings (SSSR count). The van der Waals surface area contributed by atoms with E-state index in [0.29, 0.717) is 5.88 Å². The monoisotopic (exact) mass is 177 g/mol. The normalized spacial score (nSPS) is 15.5. The molecule has 0 aliphatic heterocycles. The quantitative estimate of drug-likeness (QED) is 0.645. The Morgan fingerprint density at radius 1 is 1.62 bits per heavy atom. The summed E-state index contributed by atoms with van der Waals surface area (Å²) >= 11 is 0. The van der Waals surface area contributed by atoms with Crippen LogP contribution in [-0.2, 0) is 4.79 Å². The number of aromatic nitrogens is 1. The van der Waals surface area contributed by atoms with Gasteiger partial charge in [0.2, 0.25) is 5.88 Å². The number of aryl methyl sites for hydroxylation is 1. The van der Waals surface area contributed by atoms with Gasteiger partial charge < -0.3 is 4.74 Å². The molecule has 13 heavy (non-hydrogen) atoms. The molecule has 68 valence electrons. The van der Waals surface area contributed by atoms with Gasteiger partial charge in [0.15, 0.2) is 0 Å². The van der Waals surface area contributed by atoms with Crippen LogP contribution in [0.5, 0.6) is 5.88 Å². The Labute approximate surface area is 76.7 Å². The Hall–Kier alpha value is -1.38. The summed E-state index contributed by atoms with van der Waals surface area (Å²) in [4.78, 5) is 15.3. The first-order valence-corrected chi connectivity index (χ1v) is 4.40. The van der Waals surface area contributed by atoms with Crippen molar-refractivity contribution >= 4 is 5.97 Å². The van der Waals surface area contributed by atoms with Crippen molar-refractivity contribution in [1.82, 2.24) is 4.98 Å². The molecule has 1 aliphatic rings. The number of pyridine rings is 1. The van der Waals surface area contributed by atoms with E-state index in [1.54, 1.807) is 6.20 Å². The number of rotatable bonds is 2. The van der Waals surface area contributed by atoms with Gasteiger partial charge >= 0.3 is 5.97 Å². The summed E-state index contributed by atoms with van der Waals surface area (Å²) in [5, 5.41) is 0. The average Bonchev–Trinajstić information content (AvgIpc) is 2.91. The molecule has 1 aromatic heterocycles. The first-order valence-electron chi connectivity index (χ1n) is 4.40. The first-order chi connectivity index (χ1) is 6.27. The molecule has 3 heteroatoms. The largest absolute Gasteiger partial charge is 0.407 e. The standard InChI is InChI=1S/C10H11NO2/c1-7-3-2-6-11-9(7)13-10(12)8-4-5-8/h2-3,6,8H,4-5H2,1H3. The summed E-state index contributed by atoms with van der Waals surface area (Å²) in [7, 11) is 0. The maximum Gasteiger partial charge on any atom is 0.315 e. The summed E-state index contributed by atoms with van der Waals surface area (Å²) in [6.07, 6.45) is 3.55. The zero-order valence-electron chi connectivity index (χ0n) is 7.49. The van der Waals surface area contributed by atoms with Crippen LogP contribution in [0.15, 0.2) is 18.3 Å². The van der Waals surface area contributed by atoms with Gasteiger partial charge in [-0.15, -0.1) is 0 Å². The lowest BCUT2D eigenvalue weighted by Gasteiger charge is -2.03. The minimum atomic E-state index is -0.137. The van der Waals surface area contributed by atoms with Gasteiger partial charge in [0.05, 0.1) is 5.92 Å². The minimum Gasteiger partial charge on any atom is -0.407 e. The third-order valence-electron chi connectivity index (χ3n) is 2.07. The average molecular weight is 177 g/mol. The van der Waals surface area contributed by atoms with Crippen LogP contribution in [0.2, 0.25) is 0 Å².